The second-order valence-electron chi connectivity index (χ2n) is 7.70. The molecule has 0 aliphatic carbocycles. The van der Waals surface area contributed by atoms with Crippen molar-refractivity contribution >= 4 is 17.6 Å². The minimum Gasteiger partial charge on any atom is -0.455 e. The van der Waals surface area contributed by atoms with Crippen LogP contribution in [0.2, 0.25) is 0 Å². The molecule has 10 heteroatoms. The average molecular weight is 471 g/mol. The first-order valence-electron chi connectivity index (χ1n) is 10.6. The first-order valence-corrected chi connectivity index (χ1v) is 10.6. The smallest absolute Gasteiger partial charge is 0.320 e. The van der Waals surface area contributed by atoms with Crippen LogP contribution >= 0.6 is 0 Å². The van der Waals surface area contributed by atoms with Crippen molar-refractivity contribution in [1.82, 2.24) is 19.9 Å². The van der Waals surface area contributed by atoms with Gasteiger partial charge in [-0.1, -0.05) is 0 Å². The maximum atomic E-state index is 13.2. The molecule has 0 spiro atoms. The highest BCUT2D eigenvalue weighted by atomic mass is 19.1. The summed E-state index contributed by atoms with van der Waals surface area (Å²) < 4.78 is 20.4. The van der Waals surface area contributed by atoms with Crippen LogP contribution in [-0.4, -0.2) is 26.3 Å². The molecule has 2 amide bonds. The Balaban J connectivity index is 1.31. The van der Waals surface area contributed by atoms with Crippen LogP contribution in [0.5, 0.6) is 11.5 Å². The Hall–Kier alpha value is -4.86. The van der Waals surface area contributed by atoms with E-state index in [9.17, 15) is 18.8 Å². The van der Waals surface area contributed by atoms with Crippen LogP contribution in [0.4, 0.5) is 15.0 Å². The fourth-order valence-corrected chi connectivity index (χ4v) is 3.64. The molecule has 2 N–H and O–H groups in total. The molecule has 4 aromatic rings. The quantitative estimate of drug-likeness (QED) is 0.415. The fraction of sp³-hybridized carbons (Fsp3) is 0.0800. The molecule has 174 valence electrons. The zero-order chi connectivity index (χ0) is 24.4. The predicted molar refractivity (Wildman–Crippen MR) is 124 cm³/mol. The van der Waals surface area contributed by atoms with E-state index in [4.69, 9.17) is 4.74 Å². The number of aromatic nitrogens is 3. The van der Waals surface area contributed by atoms with Crippen LogP contribution in [0.3, 0.4) is 0 Å². The number of halogens is 1. The van der Waals surface area contributed by atoms with Gasteiger partial charge in [0.05, 0.1) is 30.3 Å². The van der Waals surface area contributed by atoms with Gasteiger partial charge in [-0.25, -0.2) is 14.2 Å². The van der Waals surface area contributed by atoms with E-state index < -0.39 is 17.2 Å². The summed E-state index contributed by atoms with van der Waals surface area (Å²) in [5.74, 6) is 0.566. The summed E-state index contributed by atoms with van der Waals surface area (Å²) in [6.07, 6.45) is 4.45. The second kappa shape index (κ2) is 9.18. The molecule has 1 aromatic carbocycles. The van der Waals surface area contributed by atoms with Gasteiger partial charge in [-0.2, -0.15) is 0 Å². The van der Waals surface area contributed by atoms with E-state index in [1.807, 2.05) is 0 Å². The molecule has 1 aliphatic rings. The van der Waals surface area contributed by atoms with Crippen molar-refractivity contribution < 1.29 is 18.7 Å². The number of nitrogens with one attached hydrogen (secondary N) is 2. The van der Waals surface area contributed by atoms with E-state index in [-0.39, 0.29) is 24.6 Å². The Morgan fingerprint density at radius 1 is 1.06 bits per heavy atom. The van der Waals surface area contributed by atoms with E-state index in [1.165, 1.54) is 53.5 Å². The number of anilines is 1. The summed E-state index contributed by atoms with van der Waals surface area (Å²) in [6, 6.07) is 13.1. The van der Waals surface area contributed by atoms with Gasteiger partial charge in [0, 0.05) is 23.8 Å². The van der Waals surface area contributed by atoms with Crippen LogP contribution in [0, 0.1) is 5.82 Å². The minimum absolute atomic E-state index is 0.0110. The van der Waals surface area contributed by atoms with Gasteiger partial charge in [0.2, 0.25) is 0 Å². The molecule has 4 heterocycles. The lowest BCUT2D eigenvalue weighted by molar-refractivity contribution is 0.0990. The number of ketones is 1. The maximum Gasteiger partial charge on any atom is 0.320 e. The molecule has 0 saturated carbocycles. The van der Waals surface area contributed by atoms with E-state index >= 15 is 0 Å². The van der Waals surface area contributed by atoms with Gasteiger partial charge in [0.25, 0.3) is 5.56 Å². The van der Waals surface area contributed by atoms with Crippen molar-refractivity contribution in [3.8, 4) is 17.2 Å². The van der Waals surface area contributed by atoms with E-state index in [0.29, 0.717) is 34.3 Å². The first kappa shape index (κ1) is 22.0. The zero-order valence-electron chi connectivity index (χ0n) is 18.2. The zero-order valence-corrected chi connectivity index (χ0v) is 18.2. The maximum absolute atomic E-state index is 13.2. The van der Waals surface area contributed by atoms with Crippen LogP contribution < -0.4 is 20.9 Å². The first-order chi connectivity index (χ1) is 17.0. The van der Waals surface area contributed by atoms with Crippen molar-refractivity contribution in [2.45, 2.75) is 13.0 Å². The van der Waals surface area contributed by atoms with Crippen molar-refractivity contribution in [1.29, 1.82) is 0 Å². The highest BCUT2D eigenvalue weighted by Gasteiger charge is 2.20. The van der Waals surface area contributed by atoms with Gasteiger partial charge >= 0.3 is 6.03 Å². The van der Waals surface area contributed by atoms with Crippen LogP contribution in [0.15, 0.2) is 78.0 Å². The molecule has 0 unspecified atom stereocenters. The van der Waals surface area contributed by atoms with Crippen LogP contribution in [0.25, 0.3) is 5.69 Å². The molecule has 0 bridgehead atoms. The summed E-state index contributed by atoms with van der Waals surface area (Å²) in [5, 5.41) is 5.28. The van der Waals surface area contributed by atoms with Crippen molar-refractivity contribution in [3.63, 3.8) is 0 Å². The number of Topliss-reactive ketones (excluding diaryl/α,β-unsaturated/α-hetero) is 1. The molecule has 5 rings (SSSR count). The monoisotopic (exact) mass is 471 g/mol. The lowest BCUT2D eigenvalue weighted by Gasteiger charge is -2.19. The molecule has 1 aliphatic heterocycles. The number of nitrogens with zero attached hydrogens (tertiary/aromatic N) is 3. The third-order valence-corrected chi connectivity index (χ3v) is 5.39. The molecule has 0 fully saturated rings. The fourth-order valence-electron chi connectivity index (χ4n) is 3.64. The van der Waals surface area contributed by atoms with Crippen molar-refractivity contribution in [2.75, 3.05) is 5.32 Å². The number of pyridine rings is 3. The lowest BCUT2D eigenvalue weighted by Crippen LogP contribution is -2.34. The Morgan fingerprint density at radius 3 is 2.66 bits per heavy atom. The topological polar surface area (TPSA) is 115 Å². The van der Waals surface area contributed by atoms with Gasteiger partial charge in [-0.3, -0.25) is 24.5 Å². The highest BCUT2D eigenvalue weighted by molar-refractivity contribution is 5.97. The number of fused-ring (bicyclic) bond motifs is 1. The van der Waals surface area contributed by atoms with Gasteiger partial charge in [-0.05, 0) is 54.6 Å². The summed E-state index contributed by atoms with van der Waals surface area (Å²) in [5.41, 5.74) is 1.14. The SMILES string of the molecule is O=C1NCc2c(Oc3ccc(CC(=O)c4cccn(-c5ccc(F)cc5)c4=O)nc3)ccnc2N1. The summed E-state index contributed by atoms with van der Waals surface area (Å²) in [7, 11) is 0. The van der Waals surface area contributed by atoms with Gasteiger partial charge in [0.1, 0.15) is 23.1 Å². The number of hydrogen-bond donors (Lipinski definition) is 2. The number of rotatable bonds is 6. The number of amides is 2. The molecule has 0 atom stereocenters. The van der Waals surface area contributed by atoms with Crippen LogP contribution in [0.1, 0.15) is 21.6 Å². The number of carbonyl (C=O) groups is 2. The molecule has 0 radical (unpaired) electrons. The predicted octanol–water partition coefficient (Wildman–Crippen LogP) is 3.62. The number of carbonyl (C=O) groups excluding carboxylic acids is 2. The van der Waals surface area contributed by atoms with E-state index in [1.54, 1.807) is 24.3 Å². The van der Waals surface area contributed by atoms with Crippen molar-refractivity contribution in [2.24, 2.45) is 0 Å². The standard InChI is InChI=1S/C25H18FN5O4/c26-15-3-6-17(7-4-15)31-11-1-2-19(24(31)33)21(32)12-16-5-8-18(13-28-16)35-22-9-10-27-23-20(22)14-29-25(34)30-23/h1-11,13H,12,14H2,(H2,27,29,30,34). The molecule has 0 saturated heterocycles. The van der Waals surface area contributed by atoms with Gasteiger partial charge in [0.15, 0.2) is 5.78 Å². The summed E-state index contributed by atoms with van der Waals surface area (Å²) in [6.45, 7) is 0.275. The second-order valence-corrected chi connectivity index (χ2v) is 7.70. The minimum atomic E-state index is -0.493. The Kier molecular flexibility index (Phi) is 5.76. The third kappa shape index (κ3) is 4.62. The molecular formula is C25H18FN5O4. The van der Waals surface area contributed by atoms with Crippen molar-refractivity contribution in [3.05, 3.63) is 106 Å². The third-order valence-electron chi connectivity index (χ3n) is 5.39. The summed E-state index contributed by atoms with van der Waals surface area (Å²) in [4.78, 5) is 45.6. The van der Waals surface area contributed by atoms with E-state index in [2.05, 4.69) is 20.6 Å². The summed E-state index contributed by atoms with van der Waals surface area (Å²) >= 11 is 0. The molecule has 9 nitrogen and oxygen atoms in total. The van der Waals surface area contributed by atoms with E-state index in [0.717, 1.165) is 0 Å². The van der Waals surface area contributed by atoms with Gasteiger partial charge < -0.3 is 10.1 Å². The lowest BCUT2D eigenvalue weighted by atomic mass is 10.1. The average Bonchev–Trinajstić information content (AvgIpc) is 2.86. The molecule has 3 aromatic heterocycles. The highest BCUT2D eigenvalue weighted by Crippen LogP contribution is 2.30. The molecular weight excluding hydrogens is 453 g/mol. The largest absolute Gasteiger partial charge is 0.455 e. The molecule has 35 heavy (non-hydrogen) atoms. The number of ether oxygens (including phenoxy) is 1. The number of urea groups is 1. The Morgan fingerprint density at radius 2 is 1.89 bits per heavy atom. The van der Waals surface area contributed by atoms with Gasteiger partial charge in [-0.15, -0.1) is 0 Å². The van der Waals surface area contributed by atoms with Crippen LogP contribution in [-0.2, 0) is 13.0 Å². The Labute approximate surface area is 198 Å². The normalized spacial score (nSPS) is 12.3. The Bertz CT molecular complexity index is 1480. The number of hydrogen-bond acceptors (Lipinski definition) is 6. The number of benzene rings is 1.